The number of hydrogen-bond donors (Lipinski definition) is 1. The van der Waals surface area contributed by atoms with E-state index in [9.17, 15) is 0 Å². The Bertz CT molecular complexity index is 610. The summed E-state index contributed by atoms with van der Waals surface area (Å²) in [4.78, 5) is 0. The van der Waals surface area contributed by atoms with E-state index in [1.54, 1.807) is 0 Å². The summed E-state index contributed by atoms with van der Waals surface area (Å²) in [6.07, 6.45) is 1.04. The highest BCUT2D eigenvalue weighted by Crippen LogP contribution is 2.40. The van der Waals surface area contributed by atoms with Gasteiger partial charge in [0.05, 0.1) is 0 Å². The molecule has 1 N–H and O–H groups in total. The molecule has 0 aliphatic carbocycles. The van der Waals surface area contributed by atoms with Crippen molar-refractivity contribution in [3.63, 3.8) is 0 Å². The van der Waals surface area contributed by atoms with Crippen molar-refractivity contribution in [3.05, 3.63) is 53.6 Å². The summed E-state index contributed by atoms with van der Waals surface area (Å²) in [5.74, 6) is 2.24. The van der Waals surface area contributed by atoms with Gasteiger partial charge in [0.2, 0.25) is 6.79 Å². The molecule has 3 nitrogen and oxygen atoms in total. The van der Waals surface area contributed by atoms with Crippen molar-refractivity contribution in [2.24, 2.45) is 0 Å². The Morgan fingerprint density at radius 3 is 2.63 bits per heavy atom. The summed E-state index contributed by atoms with van der Waals surface area (Å²) in [6, 6.07) is 14.8. The maximum atomic E-state index is 5.46. The van der Waals surface area contributed by atoms with Gasteiger partial charge < -0.3 is 14.8 Å². The summed E-state index contributed by atoms with van der Waals surface area (Å²) >= 11 is 0. The molecule has 2 aromatic rings. The van der Waals surface area contributed by atoms with Crippen molar-refractivity contribution < 1.29 is 9.47 Å². The predicted molar refractivity (Wildman–Crippen MR) is 73.9 cm³/mol. The van der Waals surface area contributed by atoms with Gasteiger partial charge in [0.1, 0.15) is 0 Å². The molecule has 0 aromatic heterocycles. The monoisotopic (exact) mass is 253 g/mol. The van der Waals surface area contributed by atoms with Gasteiger partial charge in [-0.05, 0) is 23.6 Å². The van der Waals surface area contributed by atoms with E-state index in [0.717, 1.165) is 24.5 Å². The molecule has 3 heteroatoms. The summed E-state index contributed by atoms with van der Waals surface area (Å²) in [7, 11) is 0. The number of anilines is 1. The highest BCUT2D eigenvalue weighted by molar-refractivity contribution is 5.63. The minimum absolute atomic E-state index is 0.334. The van der Waals surface area contributed by atoms with Crippen molar-refractivity contribution >= 4 is 5.69 Å². The first-order chi connectivity index (χ1) is 9.40. The van der Waals surface area contributed by atoms with Crippen LogP contribution in [0.15, 0.2) is 42.5 Å². The largest absolute Gasteiger partial charge is 0.454 e. The van der Waals surface area contributed by atoms with Crippen LogP contribution in [0.25, 0.3) is 0 Å². The number of fused-ring (bicyclic) bond motifs is 2. The molecule has 0 amide bonds. The van der Waals surface area contributed by atoms with E-state index in [-0.39, 0.29) is 0 Å². The van der Waals surface area contributed by atoms with Crippen molar-refractivity contribution in [3.8, 4) is 11.5 Å². The van der Waals surface area contributed by atoms with E-state index in [0.29, 0.717) is 12.7 Å². The van der Waals surface area contributed by atoms with Gasteiger partial charge in [0.15, 0.2) is 11.5 Å². The van der Waals surface area contributed by atoms with E-state index < -0.39 is 0 Å². The molecule has 0 spiro atoms. The van der Waals surface area contributed by atoms with Gasteiger partial charge in [-0.15, -0.1) is 0 Å². The molecule has 0 saturated carbocycles. The maximum absolute atomic E-state index is 5.46. The summed E-state index contributed by atoms with van der Waals surface area (Å²) in [5, 5.41) is 3.51. The predicted octanol–water partition coefficient (Wildman–Crippen LogP) is 3.17. The summed E-state index contributed by atoms with van der Waals surface area (Å²) in [5.41, 5.74) is 3.87. The Kier molecular flexibility index (Phi) is 2.37. The average Bonchev–Trinajstić information content (AvgIpc) is 2.92. The first-order valence-corrected chi connectivity index (χ1v) is 6.61. The molecule has 2 aliphatic rings. The summed E-state index contributed by atoms with van der Waals surface area (Å²) < 4.78 is 10.9. The Morgan fingerprint density at radius 2 is 1.79 bits per heavy atom. The van der Waals surface area contributed by atoms with Crippen LogP contribution in [-0.2, 0) is 6.42 Å². The molecular weight excluding hydrogens is 238 g/mol. The van der Waals surface area contributed by atoms with Gasteiger partial charge in [-0.1, -0.05) is 30.3 Å². The fraction of sp³-hybridized carbons (Fsp3) is 0.250. The van der Waals surface area contributed by atoms with Crippen LogP contribution in [0.4, 0.5) is 5.69 Å². The molecule has 0 fully saturated rings. The molecule has 0 radical (unpaired) electrons. The highest BCUT2D eigenvalue weighted by Gasteiger charge is 2.23. The van der Waals surface area contributed by atoms with E-state index in [1.165, 1.54) is 16.8 Å². The zero-order chi connectivity index (χ0) is 12.7. The second-order valence-electron chi connectivity index (χ2n) is 5.06. The molecular formula is C16H15NO2. The molecule has 96 valence electrons. The lowest BCUT2D eigenvalue weighted by molar-refractivity contribution is 0.174. The van der Waals surface area contributed by atoms with E-state index >= 15 is 0 Å². The molecule has 2 heterocycles. The van der Waals surface area contributed by atoms with Crippen LogP contribution in [-0.4, -0.2) is 13.3 Å². The fourth-order valence-corrected chi connectivity index (χ4v) is 2.85. The van der Waals surface area contributed by atoms with E-state index in [4.69, 9.17) is 9.47 Å². The van der Waals surface area contributed by atoms with Crippen LogP contribution in [0, 0.1) is 0 Å². The lowest BCUT2D eigenvalue weighted by atomic mass is 9.88. The third kappa shape index (κ3) is 1.82. The van der Waals surface area contributed by atoms with Gasteiger partial charge in [0, 0.05) is 24.2 Å². The minimum atomic E-state index is 0.334. The normalized spacial score (nSPS) is 19.7. The van der Waals surface area contributed by atoms with Crippen LogP contribution in [0.1, 0.15) is 17.0 Å². The average molecular weight is 253 g/mol. The topological polar surface area (TPSA) is 30.5 Å². The van der Waals surface area contributed by atoms with E-state index in [2.05, 4.69) is 47.8 Å². The van der Waals surface area contributed by atoms with Crippen LogP contribution in [0.2, 0.25) is 0 Å². The second kappa shape index (κ2) is 4.19. The molecule has 1 unspecified atom stereocenters. The van der Waals surface area contributed by atoms with Crippen LogP contribution >= 0.6 is 0 Å². The molecule has 4 rings (SSSR count). The summed E-state index contributed by atoms with van der Waals surface area (Å²) in [6.45, 7) is 1.30. The Balaban J connectivity index is 1.67. The fourth-order valence-electron chi connectivity index (χ4n) is 2.85. The number of nitrogens with one attached hydrogen (secondary N) is 1. The van der Waals surface area contributed by atoms with Gasteiger partial charge in [-0.25, -0.2) is 0 Å². The van der Waals surface area contributed by atoms with Gasteiger partial charge in [-0.2, -0.15) is 0 Å². The Morgan fingerprint density at radius 1 is 1.00 bits per heavy atom. The van der Waals surface area contributed by atoms with E-state index in [1.807, 2.05) is 0 Å². The van der Waals surface area contributed by atoms with Crippen molar-refractivity contribution in [2.75, 3.05) is 18.7 Å². The molecule has 19 heavy (non-hydrogen) atoms. The van der Waals surface area contributed by atoms with Gasteiger partial charge >= 0.3 is 0 Å². The molecule has 0 bridgehead atoms. The lowest BCUT2D eigenvalue weighted by Gasteiger charge is -2.26. The first-order valence-electron chi connectivity index (χ1n) is 6.61. The standard InChI is InChI=1S/C16H15NO2/c1-2-4-11(5-3-1)13-6-12-7-15-16(19-10-18-15)8-14(12)17-9-13/h1-5,7-8,13,17H,6,9-10H2. The zero-order valence-electron chi connectivity index (χ0n) is 10.6. The van der Waals surface area contributed by atoms with Crippen LogP contribution < -0.4 is 14.8 Å². The maximum Gasteiger partial charge on any atom is 0.231 e. The minimum Gasteiger partial charge on any atom is -0.454 e. The SMILES string of the molecule is c1ccc(C2CNc3cc4c(cc3C2)OCO4)cc1. The lowest BCUT2D eigenvalue weighted by Crippen LogP contribution is -2.21. The van der Waals surface area contributed by atoms with Gasteiger partial charge in [-0.3, -0.25) is 0 Å². The van der Waals surface area contributed by atoms with Crippen molar-refractivity contribution in [1.82, 2.24) is 0 Å². The van der Waals surface area contributed by atoms with Crippen molar-refractivity contribution in [2.45, 2.75) is 12.3 Å². The molecule has 2 aliphatic heterocycles. The first kappa shape index (κ1) is 10.7. The Hall–Kier alpha value is -2.16. The number of ether oxygens (including phenoxy) is 2. The van der Waals surface area contributed by atoms with Crippen LogP contribution in [0.3, 0.4) is 0 Å². The number of benzene rings is 2. The van der Waals surface area contributed by atoms with Crippen LogP contribution in [0.5, 0.6) is 11.5 Å². The second-order valence-corrected chi connectivity index (χ2v) is 5.06. The van der Waals surface area contributed by atoms with Gasteiger partial charge in [0.25, 0.3) is 0 Å². The molecule has 2 aromatic carbocycles. The smallest absolute Gasteiger partial charge is 0.231 e. The third-order valence-corrected chi connectivity index (χ3v) is 3.87. The zero-order valence-corrected chi connectivity index (χ0v) is 10.6. The Labute approximate surface area is 112 Å². The third-order valence-electron chi connectivity index (χ3n) is 3.87. The quantitative estimate of drug-likeness (QED) is 0.846. The molecule has 0 saturated heterocycles. The number of rotatable bonds is 1. The highest BCUT2D eigenvalue weighted by atomic mass is 16.7. The van der Waals surface area contributed by atoms with Crippen molar-refractivity contribution in [1.29, 1.82) is 0 Å². The molecule has 1 atom stereocenters. The number of hydrogen-bond acceptors (Lipinski definition) is 3.